The molecule has 2 N–H and O–H groups in total. The highest BCUT2D eigenvalue weighted by molar-refractivity contribution is 5.98. The van der Waals surface area contributed by atoms with Gasteiger partial charge in [-0.3, -0.25) is 4.79 Å². The van der Waals surface area contributed by atoms with Crippen LogP contribution in [0.1, 0.15) is 17.4 Å². The van der Waals surface area contributed by atoms with Crippen molar-refractivity contribution in [2.24, 2.45) is 5.73 Å². The first-order valence-corrected chi connectivity index (χ1v) is 5.09. The Hall–Kier alpha value is -1.94. The fourth-order valence-corrected chi connectivity index (χ4v) is 1.50. The molecule has 0 spiro atoms. The van der Waals surface area contributed by atoms with Gasteiger partial charge in [0.2, 0.25) is 0 Å². The van der Waals surface area contributed by atoms with Crippen LogP contribution in [0.4, 0.5) is 0 Å². The molecule has 4 nitrogen and oxygen atoms in total. The van der Waals surface area contributed by atoms with Crippen molar-refractivity contribution in [3.63, 3.8) is 0 Å². The van der Waals surface area contributed by atoms with Gasteiger partial charge in [0.05, 0.1) is 17.9 Å². The van der Waals surface area contributed by atoms with Gasteiger partial charge in [0.1, 0.15) is 5.69 Å². The second-order valence-corrected chi connectivity index (χ2v) is 3.62. The van der Waals surface area contributed by atoms with Gasteiger partial charge in [0.15, 0.2) is 5.78 Å². The minimum absolute atomic E-state index is 0.110. The van der Waals surface area contributed by atoms with Crippen LogP contribution >= 0.6 is 0 Å². The molecule has 0 saturated heterocycles. The van der Waals surface area contributed by atoms with E-state index in [9.17, 15) is 4.79 Å². The molecule has 16 heavy (non-hydrogen) atoms. The first-order chi connectivity index (χ1) is 7.70. The monoisotopic (exact) mass is 215 g/mol. The number of nitrogens with two attached hydrogens (primary N) is 1. The molecule has 1 heterocycles. The molecule has 1 unspecified atom stereocenters. The fraction of sp³-hybridized carbons (Fsp3) is 0.167. The summed E-state index contributed by atoms with van der Waals surface area (Å²) >= 11 is 0. The molecule has 2 aromatic rings. The second kappa shape index (κ2) is 4.28. The normalized spacial score (nSPS) is 12.4. The lowest BCUT2D eigenvalue weighted by molar-refractivity contribution is 0.0960. The van der Waals surface area contributed by atoms with E-state index in [1.807, 2.05) is 30.3 Å². The summed E-state index contributed by atoms with van der Waals surface area (Å²) in [5.74, 6) is -0.110. The standard InChI is InChI=1S/C12H13N3O/c1-9(13)12(16)11-7-8-14-15(11)10-5-3-2-4-6-10/h2-9H,13H2,1H3. The fourth-order valence-electron chi connectivity index (χ4n) is 1.50. The third kappa shape index (κ3) is 1.87. The topological polar surface area (TPSA) is 60.9 Å². The number of Topliss-reactive ketones (excluding diaryl/α,β-unsaturated/α-hetero) is 1. The van der Waals surface area contributed by atoms with Gasteiger partial charge in [0, 0.05) is 0 Å². The maximum Gasteiger partial charge on any atom is 0.197 e. The Labute approximate surface area is 93.7 Å². The van der Waals surface area contributed by atoms with Crippen LogP contribution in [-0.2, 0) is 0 Å². The van der Waals surface area contributed by atoms with Gasteiger partial charge in [-0.15, -0.1) is 0 Å². The smallest absolute Gasteiger partial charge is 0.197 e. The van der Waals surface area contributed by atoms with E-state index in [1.54, 1.807) is 23.9 Å². The van der Waals surface area contributed by atoms with E-state index in [-0.39, 0.29) is 5.78 Å². The van der Waals surface area contributed by atoms with Crippen molar-refractivity contribution in [1.82, 2.24) is 9.78 Å². The quantitative estimate of drug-likeness (QED) is 0.787. The Balaban J connectivity index is 2.45. The number of rotatable bonds is 3. The maximum absolute atomic E-state index is 11.8. The molecule has 1 atom stereocenters. The molecule has 0 fully saturated rings. The number of hydrogen-bond donors (Lipinski definition) is 1. The summed E-state index contributed by atoms with van der Waals surface area (Å²) in [6.07, 6.45) is 1.60. The van der Waals surface area contributed by atoms with Gasteiger partial charge < -0.3 is 5.73 Å². The molecule has 0 saturated carbocycles. The summed E-state index contributed by atoms with van der Waals surface area (Å²) in [5, 5.41) is 4.13. The first kappa shape index (κ1) is 10.6. The van der Waals surface area contributed by atoms with Crippen molar-refractivity contribution >= 4 is 5.78 Å². The van der Waals surface area contributed by atoms with Crippen molar-refractivity contribution in [2.45, 2.75) is 13.0 Å². The molecule has 1 aromatic carbocycles. The van der Waals surface area contributed by atoms with E-state index in [4.69, 9.17) is 5.73 Å². The minimum atomic E-state index is -0.515. The maximum atomic E-state index is 11.8. The van der Waals surface area contributed by atoms with Gasteiger partial charge >= 0.3 is 0 Å². The zero-order chi connectivity index (χ0) is 11.5. The minimum Gasteiger partial charge on any atom is -0.321 e. The van der Waals surface area contributed by atoms with Gasteiger partial charge in [-0.05, 0) is 25.1 Å². The average Bonchev–Trinajstić information content (AvgIpc) is 2.77. The summed E-state index contributed by atoms with van der Waals surface area (Å²) in [6, 6.07) is 10.7. The molecule has 4 heteroatoms. The third-order valence-corrected chi connectivity index (χ3v) is 2.31. The molecule has 2 rings (SSSR count). The first-order valence-electron chi connectivity index (χ1n) is 5.09. The Morgan fingerprint density at radius 1 is 1.31 bits per heavy atom. The zero-order valence-corrected chi connectivity index (χ0v) is 9.00. The van der Waals surface area contributed by atoms with E-state index in [1.165, 1.54) is 0 Å². The lowest BCUT2D eigenvalue weighted by Crippen LogP contribution is -2.28. The lowest BCUT2D eigenvalue weighted by Gasteiger charge is -2.08. The molecular weight excluding hydrogens is 202 g/mol. The Kier molecular flexibility index (Phi) is 2.83. The van der Waals surface area contributed by atoms with Gasteiger partial charge in [-0.1, -0.05) is 18.2 Å². The molecule has 0 aliphatic rings. The van der Waals surface area contributed by atoms with Crippen molar-refractivity contribution in [3.05, 3.63) is 48.3 Å². The number of para-hydroxylation sites is 1. The van der Waals surface area contributed by atoms with Crippen LogP contribution in [0.5, 0.6) is 0 Å². The van der Waals surface area contributed by atoms with Crippen molar-refractivity contribution in [3.8, 4) is 5.69 Å². The van der Waals surface area contributed by atoms with Gasteiger partial charge in [-0.2, -0.15) is 5.10 Å². The van der Waals surface area contributed by atoms with Gasteiger partial charge in [0.25, 0.3) is 0 Å². The van der Waals surface area contributed by atoms with E-state index in [2.05, 4.69) is 5.10 Å². The number of benzene rings is 1. The summed E-state index contributed by atoms with van der Waals surface area (Å²) in [4.78, 5) is 11.8. The molecule has 82 valence electrons. The molecule has 0 bridgehead atoms. The molecule has 1 aromatic heterocycles. The molecule has 0 amide bonds. The number of carbonyl (C=O) groups excluding carboxylic acids is 1. The number of nitrogens with zero attached hydrogens (tertiary/aromatic N) is 2. The lowest BCUT2D eigenvalue weighted by atomic mass is 10.1. The predicted molar refractivity (Wildman–Crippen MR) is 61.5 cm³/mol. The zero-order valence-electron chi connectivity index (χ0n) is 9.00. The van der Waals surface area contributed by atoms with E-state index >= 15 is 0 Å². The highest BCUT2D eigenvalue weighted by Crippen LogP contribution is 2.11. The van der Waals surface area contributed by atoms with Gasteiger partial charge in [-0.25, -0.2) is 4.68 Å². The highest BCUT2D eigenvalue weighted by atomic mass is 16.1. The molecule has 0 aliphatic carbocycles. The van der Waals surface area contributed by atoms with Crippen LogP contribution in [0, 0.1) is 0 Å². The Bertz CT molecular complexity index is 488. The third-order valence-electron chi connectivity index (χ3n) is 2.31. The number of hydrogen-bond acceptors (Lipinski definition) is 3. The summed E-state index contributed by atoms with van der Waals surface area (Å²) in [5.41, 5.74) is 6.96. The van der Waals surface area contributed by atoms with E-state index in [0.717, 1.165) is 5.69 Å². The van der Waals surface area contributed by atoms with Crippen molar-refractivity contribution in [1.29, 1.82) is 0 Å². The van der Waals surface area contributed by atoms with Crippen molar-refractivity contribution < 1.29 is 4.79 Å². The van der Waals surface area contributed by atoms with Crippen LogP contribution < -0.4 is 5.73 Å². The number of aromatic nitrogens is 2. The summed E-state index contributed by atoms with van der Waals surface area (Å²) < 4.78 is 1.60. The average molecular weight is 215 g/mol. The predicted octanol–water partition coefficient (Wildman–Crippen LogP) is 1.40. The molecule has 0 radical (unpaired) electrons. The highest BCUT2D eigenvalue weighted by Gasteiger charge is 2.16. The van der Waals surface area contributed by atoms with Crippen LogP contribution in [-0.4, -0.2) is 21.6 Å². The van der Waals surface area contributed by atoms with Crippen LogP contribution in [0.2, 0.25) is 0 Å². The van der Waals surface area contributed by atoms with E-state index < -0.39 is 6.04 Å². The molecule has 0 aliphatic heterocycles. The Morgan fingerprint density at radius 3 is 2.62 bits per heavy atom. The summed E-state index contributed by atoms with van der Waals surface area (Å²) in [6.45, 7) is 1.67. The van der Waals surface area contributed by atoms with Crippen LogP contribution in [0.3, 0.4) is 0 Å². The van der Waals surface area contributed by atoms with Crippen molar-refractivity contribution in [2.75, 3.05) is 0 Å². The Morgan fingerprint density at radius 2 is 2.00 bits per heavy atom. The largest absolute Gasteiger partial charge is 0.321 e. The number of carbonyl (C=O) groups is 1. The second-order valence-electron chi connectivity index (χ2n) is 3.62. The SMILES string of the molecule is CC(N)C(=O)c1ccnn1-c1ccccc1. The number of ketones is 1. The van der Waals surface area contributed by atoms with Crippen LogP contribution in [0.25, 0.3) is 5.69 Å². The summed E-state index contributed by atoms with van der Waals surface area (Å²) in [7, 11) is 0. The molecular formula is C12H13N3O. The van der Waals surface area contributed by atoms with Crippen LogP contribution in [0.15, 0.2) is 42.6 Å². The van der Waals surface area contributed by atoms with E-state index in [0.29, 0.717) is 5.69 Å².